The number of hydrogen-bond acceptors (Lipinski definition) is 5. The molecule has 2 rings (SSSR count). The van der Waals surface area contributed by atoms with Crippen molar-refractivity contribution in [2.24, 2.45) is 0 Å². The first-order valence-electron chi connectivity index (χ1n) is 4.95. The fourth-order valence-electron chi connectivity index (χ4n) is 1.26. The molecule has 0 aliphatic carbocycles. The topological polar surface area (TPSA) is 88.0 Å². The molecule has 0 spiro atoms. The predicted molar refractivity (Wildman–Crippen MR) is 61.4 cm³/mol. The quantitative estimate of drug-likeness (QED) is 0.815. The summed E-state index contributed by atoms with van der Waals surface area (Å²) in [6.07, 6.45) is 4.88. The summed E-state index contributed by atoms with van der Waals surface area (Å²) < 4.78 is 0. The summed E-state index contributed by atoms with van der Waals surface area (Å²) in [5, 5.41) is 11.2. The Morgan fingerprint density at radius 3 is 2.94 bits per heavy atom. The number of carboxylic acid groups (broad SMARTS) is 1. The van der Waals surface area contributed by atoms with Crippen molar-refractivity contribution in [1.29, 1.82) is 0 Å². The number of nitrogens with one attached hydrogen (secondary N) is 1. The van der Waals surface area contributed by atoms with E-state index in [1.165, 1.54) is 0 Å². The third-order valence-corrected chi connectivity index (χ3v) is 2.00. The zero-order valence-electron chi connectivity index (χ0n) is 8.87. The zero-order valence-corrected chi connectivity index (χ0v) is 8.87. The van der Waals surface area contributed by atoms with Gasteiger partial charge in [0.05, 0.1) is 0 Å². The van der Waals surface area contributed by atoms with Gasteiger partial charge in [-0.1, -0.05) is 0 Å². The van der Waals surface area contributed by atoms with Crippen LogP contribution in [0.5, 0.6) is 0 Å². The standard InChI is InChI=1S/C11H10N4O2/c16-10(17)7-14-9-3-5-13-11(15-9)8-2-1-4-12-6-8/h1-6H,7H2,(H,16,17)(H,13,14,15). The Kier molecular flexibility index (Phi) is 3.25. The van der Waals surface area contributed by atoms with Crippen molar-refractivity contribution < 1.29 is 9.90 Å². The highest BCUT2D eigenvalue weighted by molar-refractivity contribution is 5.72. The van der Waals surface area contributed by atoms with E-state index < -0.39 is 5.97 Å². The first-order valence-corrected chi connectivity index (χ1v) is 4.95. The minimum absolute atomic E-state index is 0.177. The highest BCUT2D eigenvalue weighted by Gasteiger charge is 2.03. The van der Waals surface area contributed by atoms with E-state index >= 15 is 0 Å². The van der Waals surface area contributed by atoms with Gasteiger partial charge in [-0.05, 0) is 18.2 Å². The number of rotatable bonds is 4. The lowest BCUT2D eigenvalue weighted by atomic mass is 10.3. The van der Waals surface area contributed by atoms with Crippen LogP contribution < -0.4 is 5.32 Å². The van der Waals surface area contributed by atoms with E-state index in [2.05, 4.69) is 20.3 Å². The van der Waals surface area contributed by atoms with Gasteiger partial charge in [-0.2, -0.15) is 0 Å². The van der Waals surface area contributed by atoms with Crippen molar-refractivity contribution in [2.75, 3.05) is 11.9 Å². The minimum atomic E-state index is -0.938. The monoisotopic (exact) mass is 230 g/mol. The van der Waals surface area contributed by atoms with Crippen LogP contribution in [-0.4, -0.2) is 32.6 Å². The lowest BCUT2D eigenvalue weighted by Crippen LogP contribution is -2.13. The average Bonchev–Trinajstić information content (AvgIpc) is 2.38. The molecule has 0 saturated carbocycles. The van der Waals surface area contributed by atoms with Crippen molar-refractivity contribution in [3.05, 3.63) is 36.8 Å². The molecule has 6 nitrogen and oxygen atoms in total. The third kappa shape index (κ3) is 2.97. The van der Waals surface area contributed by atoms with Gasteiger partial charge in [0.1, 0.15) is 12.4 Å². The number of hydrogen-bond donors (Lipinski definition) is 2. The average molecular weight is 230 g/mol. The molecule has 0 aliphatic rings. The molecule has 6 heteroatoms. The molecule has 2 aromatic heterocycles. The lowest BCUT2D eigenvalue weighted by Gasteiger charge is -2.04. The number of carboxylic acids is 1. The summed E-state index contributed by atoms with van der Waals surface area (Å²) in [5.74, 6) is 0.0429. The smallest absolute Gasteiger partial charge is 0.322 e. The van der Waals surface area contributed by atoms with Gasteiger partial charge in [0, 0.05) is 24.2 Å². The zero-order chi connectivity index (χ0) is 12.1. The third-order valence-electron chi connectivity index (χ3n) is 2.00. The maximum Gasteiger partial charge on any atom is 0.322 e. The highest BCUT2D eigenvalue weighted by atomic mass is 16.4. The summed E-state index contributed by atoms with van der Waals surface area (Å²) in [6, 6.07) is 5.24. The van der Waals surface area contributed by atoms with Gasteiger partial charge in [-0.15, -0.1) is 0 Å². The van der Waals surface area contributed by atoms with E-state index in [0.29, 0.717) is 11.6 Å². The van der Waals surface area contributed by atoms with E-state index in [1.807, 2.05) is 6.07 Å². The van der Waals surface area contributed by atoms with Gasteiger partial charge >= 0.3 is 5.97 Å². The summed E-state index contributed by atoms with van der Waals surface area (Å²) in [7, 11) is 0. The molecule has 0 saturated heterocycles. The van der Waals surface area contributed by atoms with Gasteiger partial charge in [0.25, 0.3) is 0 Å². The predicted octanol–water partition coefficient (Wildman–Crippen LogP) is 1.04. The Hall–Kier alpha value is -2.50. The fraction of sp³-hybridized carbons (Fsp3) is 0.0909. The molecule has 0 bridgehead atoms. The van der Waals surface area contributed by atoms with Crippen molar-refractivity contribution in [2.45, 2.75) is 0 Å². The lowest BCUT2D eigenvalue weighted by molar-refractivity contribution is -0.134. The Balaban J connectivity index is 2.20. The van der Waals surface area contributed by atoms with Crippen LogP contribution in [-0.2, 0) is 4.79 Å². The normalized spacial score (nSPS) is 9.88. The van der Waals surface area contributed by atoms with E-state index in [9.17, 15) is 4.79 Å². The number of carbonyl (C=O) groups is 1. The van der Waals surface area contributed by atoms with Crippen LogP contribution in [0.15, 0.2) is 36.8 Å². The summed E-state index contributed by atoms with van der Waals surface area (Å²) in [4.78, 5) is 22.7. The van der Waals surface area contributed by atoms with Gasteiger partial charge in [0.15, 0.2) is 5.82 Å². The molecular formula is C11H10N4O2. The van der Waals surface area contributed by atoms with Crippen LogP contribution in [0, 0.1) is 0 Å². The van der Waals surface area contributed by atoms with Crippen LogP contribution >= 0.6 is 0 Å². The maximum atomic E-state index is 10.4. The summed E-state index contributed by atoms with van der Waals surface area (Å²) in [6.45, 7) is -0.177. The largest absolute Gasteiger partial charge is 0.480 e. The van der Waals surface area contributed by atoms with Crippen molar-refractivity contribution in [3.8, 4) is 11.4 Å². The Bertz CT molecular complexity index is 516. The van der Waals surface area contributed by atoms with Gasteiger partial charge in [-0.3, -0.25) is 9.78 Å². The molecule has 0 radical (unpaired) electrons. The number of aromatic nitrogens is 3. The molecule has 0 fully saturated rings. The number of pyridine rings is 1. The Morgan fingerprint density at radius 2 is 2.24 bits per heavy atom. The second kappa shape index (κ2) is 5.02. The molecule has 0 amide bonds. The molecule has 2 N–H and O–H groups in total. The Morgan fingerprint density at radius 1 is 1.35 bits per heavy atom. The molecule has 0 aliphatic heterocycles. The molecule has 2 heterocycles. The molecule has 0 aromatic carbocycles. The van der Waals surface area contributed by atoms with Gasteiger partial charge in [0.2, 0.25) is 0 Å². The molecule has 0 unspecified atom stereocenters. The molecule has 0 atom stereocenters. The molecule has 86 valence electrons. The first-order chi connectivity index (χ1) is 8.25. The summed E-state index contributed by atoms with van der Waals surface area (Å²) >= 11 is 0. The van der Waals surface area contributed by atoms with E-state index in [-0.39, 0.29) is 6.54 Å². The van der Waals surface area contributed by atoms with Crippen LogP contribution in [0.25, 0.3) is 11.4 Å². The van der Waals surface area contributed by atoms with E-state index in [0.717, 1.165) is 5.56 Å². The van der Waals surface area contributed by atoms with Crippen molar-refractivity contribution in [1.82, 2.24) is 15.0 Å². The SMILES string of the molecule is O=C(O)CNc1ccnc(-c2cccnc2)n1. The van der Waals surface area contributed by atoms with Crippen LogP contribution in [0.1, 0.15) is 0 Å². The molecule has 2 aromatic rings. The number of nitrogens with zero attached hydrogens (tertiary/aromatic N) is 3. The van der Waals surface area contributed by atoms with Crippen molar-refractivity contribution in [3.63, 3.8) is 0 Å². The van der Waals surface area contributed by atoms with E-state index in [4.69, 9.17) is 5.11 Å². The Labute approximate surface area is 97.4 Å². The van der Waals surface area contributed by atoms with Crippen molar-refractivity contribution >= 4 is 11.8 Å². The van der Waals surface area contributed by atoms with Crippen LogP contribution in [0.2, 0.25) is 0 Å². The maximum absolute atomic E-state index is 10.4. The van der Waals surface area contributed by atoms with Crippen LogP contribution in [0.3, 0.4) is 0 Å². The fourth-order valence-corrected chi connectivity index (χ4v) is 1.26. The number of aliphatic carboxylic acids is 1. The summed E-state index contributed by atoms with van der Waals surface area (Å²) in [5.41, 5.74) is 0.784. The van der Waals surface area contributed by atoms with Gasteiger partial charge in [-0.25, -0.2) is 9.97 Å². The molecular weight excluding hydrogens is 220 g/mol. The highest BCUT2D eigenvalue weighted by Crippen LogP contribution is 2.14. The number of anilines is 1. The second-order valence-electron chi connectivity index (χ2n) is 3.25. The minimum Gasteiger partial charge on any atom is -0.480 e. The second-order valence-corrected chi connectivity index (χ2v) is 3.25. The van der Waals surface area contributed by atoms with E-state index in [1.54, 1.807) is 30.7 Å². The first kappa shape index (κ1) is 11.0. The van der Waals surface area contributed by atoms with Crippen LogP contribution in [0.4, 0.5) is 5.82 Å². The van der Waals surface area contributed by atoms with Gasteiger partial charge < -0.3 is 10.4 Å². The molecule has 17 heavy (non-hydrogen) atoms.